The van der Waals surface area contributed by atoms with Gasteiger partial charge in [-0.1, -0.05) is 47.7 Å². The Balaban J connectivity index is 1.56. The number of nitriles is 3. The van der Waals surface area contributed by atoms with E-state index in [1.165, 1.54) is 0 Å². The largest absolute Gasteiger partial charge is 0.378 e. The summed E-state index contributed by atoms with van der Waals surface area (Å²) in [6.45, 7) is 0. The summed E-state index contributed by atoms with van der Waals surface area (Å²) >= 11 is 0. The molecule has 0 saturated heterocycles. The molecular weight excluding hydrogens is 476 g/mol. The molecule has 0 spiro atoms. The molecule has 0 N–H and O–H groups in total. The highest BCUT2D eigenvalue weighted by Crippen LogP contribution is 2.15. The Morgan fingerprint density at radius 2 is 0.846 bits per heavy atom. The Morgan fingerprint density at radius 3 is 1.31 bits per heavy atom. The van der Waals surface area contributed by atoms with Gasteiger partial charge in [-0.3, -0.25) is 0 Å². The van der Waals surface area contributed by atoms with E-state index in [1.807, 2.05) is 55.4 Å². The summed E-state index contributed by atoms with van der Waals surface area (Å²) in [5.74, 6) is 18.3. The number of nitrogens with zero attached hydrogens (tertiary/aromatic N) is 4. The highest BCUT2D eigenvalue weighted by Gasteiger charge is 2.03. The van der Waals surface area contributed by atoms with Crippen molar-refractivity contribution in [3.8, 4) is 53.7 Å². The first-order valence-corrected chi connectivity index (χ1v) is 11.9. The summed E-state index contributed by atoms with van der Waals surface area (Å²) in [4.78, 5) is 2.02. The standard InChI is InChI=1S/C35H20N4/c1-39(2)35-19-12-26(13-20-35)7-14-30-16-9-28(22-33(30)24-37)11-18-31-17-10-27(21-34(31)25-38)8-15-29-5-3-4-6-32(29)23-36/h3-6,9-10,12-13,16-17,19-22H,1-2H3. The van der Waals surface area contributed by atoms with Crippen molar-refractivity contribution in [1.29, 1.82) is 15.8 Å². The number of anilines is 1. The monoisotopic (exact) mass is 496 g/mol. The second kappa shape index (κ2) is 12.2. The average Bonchev–Trinajstić information content (AvgIpc) is 2.98. The van der Waals surface area contributed by atoms with Gasteiger partial charge in [0.1, 0.15) is 18.2 Å². The van der Waals surface area contributed by atoms with Crippen LogP contribution in [-0.2, 0) is 0 Å². The molecule has 0 radical (unpaired) electrons. The predicted octanol–water partition coefficient (Wildman–Crippen LogP) is 5.57. The number of benzene rings is 4. The second-order valence-electron chi connectivity index (χ2n) is 8.59. The van der Waals surface area contributed by atoms with Gasteiger partial charge in [0, 0.05) is 53.2 Å². The van der Waals surface area contributed by atoms with E-state index in [2.05, 4.69) is 53.7 Å². The lowest BCUT2D eigenvalue weighted by molar-refractivity contribution is 1.13. The first-order valence-electron chi connectivity index (χ1n) is 11.9. The minimum atomic E-state index is 0.395. The van der Waals surface area contributed by atoms with Crippen molar-refractivity contribution in [2.45, 2.75) is 0 Å². The van der Waals surface area contributed by atoms with E-state index in [1.54, 1.807) is 48.5 Å². The number of hydrogen-bond donors (Lipinski definition) is 0. The van der Waals surface area contributed by atoms with Crippen molar-refractivity contribution in [2.24, 2.45) is 0 Å². The van der Waals surface area contributed by atoms with Gasteiger partial charge in [-0.2, -0.15) is 15.8 Å². The zero-order chi connectivity index (χ0) is 27.6. The molecule has 0 aromatic heterocycles. The highest BCUT2D eigenvalue weighted by molar-refractivity contribution is 5.59. The molecule has 0 atom stereocenters. The lowest BCUT2D eigenvalue weighted by Gasteiger charge is -2.11. The van der Waals surface area contributed by atoms with E-state index in [-0.39, 0.29) is 0 Å². The predicted molar refractivity (Wildman–Crippen MR) is 152 cm³/mol. The van der Waals surface area contributed by atoms with Crippen molar-refractivity contribution < 1.29 is 0 Å². The SMILES string of the molecule is CN(C)c1ccc(C#Cc2ccc(C#Cc3ccc(C#Cc4ccccc4C#N)cc3C#N)cc2C#N)cc1. The summed E-state index contributed by atoms with van der Waals surface area (Å²) in [6, 6.07) is 32.0. The molecule has 0 unspecified atom stereocenters. The lowest BCUT2D eigenvalue weighted by Crippen LogP contribution is -2.07. The minimum absolute atomic E-state index is 0.395. The third kappa shape index (κ3) is 6.54. The Morgan fingerprint density at radius 1 is 0.436 bits per heavy atom. The fraction of sp³-hybridized carbons (Fsp3) is 0.0571. The van der Waals surface area contributed by atoms with Crippen LogP contribution in [0, 0.1) is 69.5 Å². The molecule has 0 aliphatic rings. The van der Waals surface area contributed by atoms with Gasteiger partial charge >= 0.3 is 0 Å². The molecule has 39 heavy (non-hydrogen) atoms. The third-order valence-electron chi connectivity index (χ3n) is 5.74. The van der Waals surface area contributed by atoms with E-state index in [9.17, 15) is 15.8 Å². The van der Waals surface area contributed by atoms with Crippen LogP contribution in [0.1, 0.15) is 50.1 Å². The summed E-state index contributed by atoms with van der Waals surface area (Å²) < 4.78 is 0. The quantitative estimate of drug-likeness (QED) is 0.323. The molecular formula is C35H20N4. The van der Waals surface area contributed by atoms with Crippen molar-refractivity contribution >= 4 is 5.69 Å². The van der Waals surface area contributed by atoms with Crippen LogP contribution in [0.4, 0.5) is 5.69 Å². The summed E-state index contributed by atoms with van der Waals surface area (Å²) in [5, 5.41) is 28.5. The normalized spacial score (nSPS) is 9.10. The summed E-state index contributed by atoms with van der Waals surface area (Å²) in [6.07, 6.45) is 0. The molecule has 0 amide bonds. The topological polar surface area (TPSA) is 74.6 Å². The van der Waals surface area contributed by atoms with Gasteiger partial charge in [-0.05, 0) is 72.8 Å². The van der Waals surface area contributed by atoms with E-state index in [0.717, 1.165) is 11.3 Å². The van der Waals surface area contributed by atoms with Gasteiger partial charge in [-0.25, -0.2) is 0 Å². The van der Waals surface area contributed by atoms with Crippen LogP contribution < -0.4 is 4.90 Å². The fourth-order valence-electron chi connectivity index (χ4n) is 3.60. The first kappa shape index (κ1) is 25.9. The molecule has 0 fully saturated rings. The molecule has 4 aromatic rings. The maximum atomic E-state index is 9.66. The Hall–Kier alpha value is -6.17. The van der Waals surface area contributed by atoms with Crippen molar-refractivity contribution in [1.82, 2.24) is 0 Å². The number of rotatable bonds is 1. The van der Waals surface area contributed by atoms with Gasteiger partial charge < -0.3 is 4.90 Å². The van der Waals surface area contributed by atoms with Gasteiger partial charge in [0.2, 0.25) is 0 Å². The van der Waals surface area contributed by atoms with E-state index in [0.29, 0.717) is 44.5 Å². The van der Waals surface area contributed by atoms with Crippen molar-refractivity contribution in [3.05, 3.63) is 135 Å². The second-order valence-corrected chi connectivity index (χ2v) is 8.59. The van der Waals surface area contributed by atoms with Crippen molar-refractivity contribution in [2.75, 3.05) is 19.0 Å². The van der Waals surface area contributed by atoms with E-state index in [4.69, 9.17) is 0 Å². The van der Waals surface area contributed by atoms with Crippen LogP contribution in [0.3, 0.4) is 0 Å². The average molecular weight is 497 g/mol. The summed E-state index contributed by atoms with van der Waals surface area (Å²) in [5.41, 5.74) is 6.39. The van der Waals surface area contributed by atoms with Crippen LogP contribution in [0.25, 0.3) is 0 Å². The van der Waals surface area contributed by atoms with Crippen LogP contribution in [0.2, 0.25) is 0 Å². The molecule has 0 bridgehead atoms. The highest BCUT2D eigenvalue weighted by atomic mass is 15.1. The number of hydrogen-bond acceptors (Lipinski definition) is 4. The Bertz CT molecular complexity index is 1870. The van der Waals surface area contributed by atoms with Gasteiger partial charge in [-0.15, -0.1) is 0 Å². The molecule has 0 saturated carbocycles. The Labute approximate surface area is 229 Å². The summed E-state index contributed by atoms with van der Waals surface area (Å²) in [7, 11) is 3.96. The minimum Gasteiger partial charge on any atom is -0.378 e. The maximum Gasteiger partial charge on any atom is 0.100 e. The molecule has 4 rings (SSSR count). The molecule has 180 valence electrons. The smallest absolute Gasteiger partial charge is 0.100 e. The van der Waals surface area contributed by atoms with E-state index >= 15 is 0 Å². The van der Waals surface area contributed by atoms with Gasteiger partial charge in [0.25, 0.3) is 0 Å². The zero-order valence-electron chi connectivity index (χ0n) is 21.4. The van der Waals surface area contributed by atoms with Crippen molar-refractivity contribution in [3.63, 3.8) is 0 Å². The molecule has 4 aromatic carbocycles. The van der Waals surface area contributed by atoms with Crippen LogP contribution in [0.15, 0.2) is 84.9 Å². The molecule has 0 heterocycles. The van der Waals surface area contributed by atoms with Gasteiger partial charge in [0.05, 0.1) is 16.7 Å². The molecule has 0 aliphatic heterocycles. The molecule has 4 heteroatoms. The van der Waals surface area contributed by atoms with E-state index < -0.39 is 0 Å². The maximum absolute atomic E-state index is 9.66. The lowest BCUT2D eigenvalue weighted by atomic mass is 10.0. The molecule has 0 aliphatic carbocycles. The van der Waals surface area contributed by atoms with Gasteiger partial charge in [0.15, 0.2) is 0 Å². The Kier molecular flexibility index (Phi) is 8.09. The zero-order valence-corrected chi connectivity index (χ0v) is 21.4. The first-order chi connectivity index (χ1) is 19.0. The van der Waals surface area contributed by atoms with Crippen LogP contribution in [-0.4, -0.2) is 14.1 Å². The van der Waals surface area contributed by atoms with Crippen LogP contribution in [0.5, 0.6) is 0 Å². The molecule has 4 nitrogen and oxygen atoms in total. The third-order valence-corrected chi connectivity index (χ3v) is 5.74. The van der Waals surface area contributed by atoms with Crippen LogP contribution >= 0.6 is 0 Å². The fourth-order valence-corrected chi connectivity index (χ4v) is 3.60.